The second kappa shape index (κ2) is 6.47. The number of rotatable bonds is 7. The van der Waals surface area contributed by atoms with Gasteiger partial charge in [0.05, 0.1) is 0 Å². The van der Waals surface area contributed by atoms with E-state index in [4.69, 9.17) is 4.74 Å². The van der Waals surface area contributed by atoms with Crippen molar-refractivity contribution in [3.63, 3.8) is 0 Å². The smallest absolute Gasteiger partial charge is 0.270 e. The molecule has 2 rings (SSSR count). The van der Waals surface area contributed by atoms with E-state index in [0.29, 0.717) is 30.0 Å². The van der Waals surface area contributed by atoms with E-state index in [1.165, 1.54) is 0 Å². The minimum absolute atomic E-state index is 0.118. The Hall–Kier alpha value is -1.69. The third-order valence-corrected chi connectivity index (χ3v) is 2.81. The molecule has 0 saturated heterocycles. The lowest BCUT2D eigenvalue weighted by Crippen LogP contribution is -2.26. The molecule has 1 saturated carbocycles. The van der Waals surface area contributed by atoms with Crippen LogP contribution in [0.4, 0.5) is 5.82 Å². The molecule has 6 heteroatoms. The molecule has 0 spiro atoms. The van der Waals surface area contributed by atoms with E-state index < -0.39 is 0 Å². The summed E-state index contributed by atoms with van der Waals surface area (Å²) in [6.07, 6.45) is 3.03. The van der Waals surface area contributed by atoms with Gasteiger partial charge in [0.1, 0.15) is 17.3 Å². The zero-order chi connectivity index (χ0) is 13.7. The SMILES string of the molecule is COCCCNc1cc(C(=O)NC2CC2)nc(C)n1. The van der Waals surface area contributed by atoms with E-state index in [9.17, 15) is 4.79 Å². The van der Waals surface area contributed by atoms with Gasteiger partial charge in [-0.25, -0.2) is 9.97 Å². The average Bonchev–Trinajstić information content (AvgIpc) is 3.18. The molecule has 19 heavy (non-hydrogen) atoms. The molecule has 6 nitrogen and oxygen atoms in total. The van der Waals surface area contributed by atoms with Gasteiger partial charge in [-0.05, 0) is 26.2 Å². The second-order valence-corrected chi connectivity index (χ2v) is 4.71. The molecule has 1 aromatic rings. The van der Waals surface area contributed by atoms with Crippen molar-refractivity contribution >= 4 is 11.7 Å². The first-order valence-electron chi connectivity index (χ1n) is 6.58. The second-order valence-electron chi connectivity index (χ2n) is 4.71. The van der Waals surface area contributed by atoms with Gasteiger partial charge in [-0.2, -0.15) is 0 Å². The van der Waals surface area contributed by atoms with E-state index >= 15 is 0 Å². The molecule has 1 aromatic heterocycles. The lowest BCUT2D eigenvalue weighted by molar-refractivity contribution is 0.0945. The minimum atomic E-state index is -0.118. The number of methoxy groups -OCH3 is 1. The molecular weight excluding hydrogens is 244 g/mol. The topological polar surface area (TPSA) is 76.1 Å². The highest BCUT2D eigenvalue weighted by Crippen LogP contribution is 2.19. The summed E-state index contributed by atoms with van der Waals surface area (Å²) in [6, 6.07) is 2.03. The monoisotopic (exact) mass is 264 g/mol. The molecule has 0 aliphatic heterocycles. The maximum absolute atomic E-state index is 11.9. The summed E-state index contributed by atoms with van der Waals surface area (Å²) in [5.74, 6) is 1.16. The van der Waals surface area contributed by atoms with Gasteiger partial charge in [0, 0.05) is 32.4 Å². The van der Waals surface area contributed by atoms with Gasteiger partial charge in [-0.3, -0.25) is 4.79 Å². The van der Waals surface area contributed by atoms with Crippen LogP contribution in [0.5, 0.6) is 0 Å². The summed E-state index contributed by atoms with van der Waals surface area (Å²) >= 11 is 0. The number of aromatic nitrogens is 2. The number of ether oxygens (including phenoxy) is 1. The number of carbonyl (C=O) groups excluding carboxylic acids is 1. The van der Waals surface area contributed by atoms with E-state index in [1.807, 2.05) is 0 Å². The first-order valence-corrected chi connectivity index (χ1v) is 6.58. The number of hydrogen-bond donors (Lipinski definition) is 2. The summed E-state index contributed by atoms with van der Waals surface area (Å²) in [5, 5.41) is 6.10. The van der Waals surface area contributed by atoms with Crippen molar-refractivity contribution in [1.29, 1.82) is 0 Å². The van der Waals surface area contributed by atoms with Gasteiger partial charge >= 0.3 is 0 Å². The van der Waals surface area contributed by atoms with Crippen LogP contribution in [0.15, 0.2) is 6.07 Å². The third kappa shape index (κ3) is 4.48. The Morgan fingerprint density at radius 1 is 1.47 bits per heavy atom. The van der Waals surface area contributed by atoms with E-state index in [-0.39, 0.29) is 5.91 Å². The summed E-state index contributed by atoms with van der Waals surface area (Å²) in [6.45, 7) is 3.24. The number of anilines is 1. The molecule has 0 unspecified atom stereocenters. The van der Waals surface area contributed by atoms with Crippen LogP contribution in [0.3, 0.4) is 0 Å². The maximum Gasteiger partial charge on any atom is 0.270 e. The lowest BCUT2D eigenvalue weighted by Gasteiger charge is -2.08. The Kier molecular flexibility index (Phi) is 4.68. The molecule has 0 aromatic carbocycles. The van der Waals surface area contributed by atoms with Crippen LogP contribution >= 0.6 is 0 Å². The molecular formula is C13H20N4O2. The van der Waals surface area contributed by atoms with Gasteiger partial charge < -0.3 is 15.4 Å². The van der Waals surface area contributed by atoms with Crippen molar-refractivity contribution in [2.75, 3.05) is 25.6 Å². The zero-order valence-corrected chi connectivity index (χ0v) is 11.4. The highest BCUT2D eigenvalue weighted by Gasteiger charge is 2.24. The molecule has 104 valence electrons. The molecule has 2 N–H and O–H groups in total. The number of aryl methyl sites for hydroxylation is 1. The molecule has 0 bridgehead atoms. The highest BCUT2D eigenvalue weighted by atomic mass is 16.5. The van der Waals surface area contributed by atoms with Crippen LogP contribution in [-0.4, -0.2) is 42.2 Å². The molecule has 1 aliphatic carbocycles. The Bertz CT molecular complexity index is 446. The first-order chi connectivity index (χ1) is 9.19. The van der Waals surface area contributed by atoms with Crippen LogP contribution in [0.1, 0.15) is 35.6 Å². The van der Waals surface area contributed by atoms with Crippen LogP contribution < -0.4 is 10.6 Å². The molecule has 1 amide bonds. The van der Waals surface area contributed by atoms with Crippen LogP contribution in [0.2, 0.25) is 0 Å². The Balaban J connectivity index is 1.95. The zero-order valence-electron chi connectivity index (χ0n) is 11.4. The van der Waals surface area contributed by atoms with Gasteiger partial charge in [0.2, 0.25) is 0 Å². The first kappa shape index (κ1) is 13.7. The van der Waals surface area contributed by atoms with E-state index in [2.05, 4.69) is 20.6 Å². The molecule has 1 fully saturated rings. The number of nitrogens with zero attached hydrogens (tertiary/aromatic N) is 2. The fourth-order valence-corrected chi connectivity index (χ4v) is 1.69. The number of carbonyl (C=O) groups is 1. The van der Waals surface area contributed by atoms with Crippen LogP contribution in [0.25, 0.3) is 0 Å². The molecule has 1 aliphatic rings. The van der Waals surface area contributed by atoms with Crippen molar-refractivity contribution in [3.8, 4) is 0 Å². The number of nitrogens with one attached hydrogen (secondary N) is 2. The van der Waals surface area contributed by atoms with Crippen molar-refractivity contribution in [3.05, 3.63) is 17.6 Å². The van der Waals surface area contributed by atoms with Gasteiger partial charge in [0.25, 0.3) is 5.91 Å². The Morgan fingerprint density at radius 3 is 2.95 bits per heavy atom. The minimum Gasteiger partial charge on any atom is -0.385 e. The van der Waals surface area contributed by atoms with Crippen molar-refractivity contribution in [2.45, 2.75) is 32.2 Å². The highest BCUT2D eigenvalue weighted by molar-refractivity contribution is 5.93. The predicted octanol–water partition coefficient (Wildman–Crippen LogP) is 1.13. The lowest BCUT2D eigenvalue weighted by atomic mass is 10.3. The summed E-state index contributed by atoms with van der Waals surface area (Å²) < 4.78 is 4.98. The quantitative estimate of drug-likeness (QED) is 0.722. The number of amides is 1. The van der Waals surface area contributed by atoms with Crippen molar-refractivity contribution in [2.24, 2.45) is 0 Å². The average molecular weight is 264 g/mol. The van der Waals surface area contributed by atoms with Crippen molar-refractivity contribution < 1.29 is 9.53 Å². The predicted molar refractivity (Wildman–Crippen MR) is 72.2 cm³/mol. The number of hydrogen-bond acceptors (Lipinski definition) is 5. The Labute approximate surface area is 113 Å². The summed E-state index contributed by atoms with van der Waals surface area (Å²) in [5.41, 5.74) is 0.425. The van der Waals surface area contributed by atoms with Crippen LogP contribution in [-0.2, 0) is 4.74 Å². The standard InChI is InChI=1S/C13H20N4O2/c1-9-15-11(13(18)17-10-4-5-10)8-12(16-9)14-6-3-7-19-2/h8,10H,3-7H2,1-2H3,(H,17,18)(H,14,15,16). The molecule has 0 atom stereocenters. The Morgan fingerprint density at radius 2 is 2.26 bits per heavy atom. The molecule has 0 radical (unpaired) electrons. The maximum atomic E-state index is 11.9. The summed E-state index contributed by atoms with van der Waals surface area (Å²) in [4.78, 5) is 20.4. The van der Waals surface area contributed by atoms with Crippen LogP contribution in [0, 0.1) is 6.92 Å². The fourth-order valence-electron chi connectivity index (χ4n) is 1.69. The van der Waals surface area contributed by atoms with E-state index in [1.54, 1.807) is 20.1 Å². The van der Waals surface area contributed by atoms with E-state index in [0.717, 1.165) is 25.8 Å². The molecule has 1 heterocycles. The van der Waals surface area contributed by atoms with Gasteiger partial charge in [0.15, 0.2) is 0 Å². The largest absolute Gasteiger partial charge is 0.385 e. The third-order valence-electron chi connectivity index (χ3n) is 2.81. The fraction of sp³-hybridized carbons (Fsp3) is 0.615. The van der Waals surface area contributed by atoms with Gasteiger partial charge in [-0.1, -0.05) is 0 Å². The summed E-state index contributed by atoms with van der Waals surface area (Å²) in [7, 11) is 1.68. The van der Waals surface area contributed by atoms with Crippen molar-refractivity contribution in [1.82, 2.24) is 15.3 Å². The van der Waals surface area contributed by atoms with Gasteiger partial charge in [-0.15, -0.1) is 0 Å². The normalized spacial score (nSPS) is 14.2.